The van der Waals surface area contributed by atoms with Crippen LogP contribution in [0.3, 0.4) is 0 Å². The molecule has 0 saturated heterocycles. The number of aryl methyl sites for hydroxylation is 1. The first kappa shape index (κ1) is 11.5. The largest absolute Gasteiger partial charge is 0.475 e. The molecular formula is C11H17N3O. The summed E-state index contributed by atoms with van der Waals surface area (Å²) in [7, 11) is 0. The Hall–Kier alpha value is -1.58. The summed E-state index contributed by atoms with van der Waals surface area (Å²) >= 11 is 0. The Morgan fingerprint density at radius 3 is 2.80 bits per heavy atom. The number of hydrogen-bond acceptors (Lipinski definition) is 3. The van der Waals surface area contributed by atoms with E-state index in [4.69, 9.17) is 15.9 Å². The molecule has 1 rings (SSSR count). The van der Waals surface area contributed by atoms with Crippen LogP contribution >= 0.6 is 0 Å². The molecule has 0 amide bonds. The minimum atomic E-state index is 0.0366. The van der Waals surface area contributed by atoms with E-state index in [0.717, 1.165) is 12.1 Å². The average Bonchev–Trinajstić information content (AvgIpc) is 2.16. The quantitative estimate of drug-likeness (QED) is 0.584. The van der Waals surface area contributed by atoms with Gasteiger partial charge in [-0.2, -0.15) is 0 Å². The number of aromatic nitrogens is 1. The van der Waals surface area contributed by atoms with Crippen LogP contribution in [0.15, 0.2) is 12.1 Å². The van der Waals surface area contributed by atoms with Gasteiger partial charge < -0.3 is 10.5 Å². The van der Waals surface area contributed by atoms with Crippen molar-refractivity contribution < 1.29 is 4.74 Å². The van der Waals surface area contributed by atoms with Crippen LogP contribution in [-0.4, -0.2) is 16.9 Å². The molecule has 15 heavy (non-hydrogen) atoms. The van der Waals surface area contributed by atoms with Crippen LogP contribution < -0.4 is 10.5 Å². The minimum absolute atomic E-state index is 0.0366. The standard InChI is InChI=1S/C11H17N3O/c1-4-8(3)15-10-6-9(11(12)13)5-7(2)14-10/h5-6,8H,4H2,1-3H3,(H3,12,13). The zero-order chi connectivity index (χ0) is 11.4. The molecule has 0 aliphatic heterocycles. The number of nitrogens with one attached hydrogen (secondary N) is 1. The number of nitrogen functional groups attached to an aromatic ring is 1. The third-order valence-corrected chi connectivity index (χ3v) is 2.14. The Morgan fingerprint density at radius 1 is 1.60 bits per heavy atom. The van der Waals surface area contributed by atoms with Crippen molar-refractivity contribution in [3.05, 3.63) is 23.4 Å². The van der Waals surface area contributed by atoms with Gasteiger partial charge in [-0.1, -0.05) is 6.92 Å². The third kappa shape index (κ3) is 3.23. The molecular weight excluding hydrogens is 190 g/mol. The Kier molecular flexibility index (Phi) is 3.66. The molecule has 0 saturated carbocycles. The fourth-order valence-electron chi connectivity index (χ4n) is 1.14. The van der Waals surface area contributed by atoms with Gasteiger partial charge in [-0.3, -0.25) is 5.41 Å². The maximum atomic E-state index is 7.35. The highest BCUT2D eigenvalue weighted by molar-refractivity contribution is 5.95. The first-order valence-corrected chi connectivity index (χ1v) is 5.02. The lowest BCUT2D eigenvalue weighted by Gasteiger charge is -2.12. The molecule has 0 bridgehead atoms. The number of amidine groups is 1. The van der Waals surface area contributed by atoms with E-state index in [-0.39, 0.29) is 11.9 Å². The van der Waals surface area contributed by atoms with Crippen molar-refractivity contribution in [3.63, 3.8) is 0 Å². The molecule has 0 spiro atoms. The number of ether oxygens (including phenoxy) is 1. The lowest BCUT2D eigenvalue weighted by Crippen LogP contribution is -2.14. The van der Waals surface area contributed by atoms with Gasteiger partial charge in [-0.15, -0.1) is 0 Å². The van der Waals surface area contributed by atoms with E-state index in [0.29, 0.717) is 11.4 Å². The smallest absolute Gasteiger partial charge is 0.214 e. The Morgan fingerprint density at radius 2 is 2.27 bits per heavy atom. The molecule has 1 heterocycles. The highest BCUT2D eigenvalue weighted by atomic mass is 16.5. The van der Waals surface area contributed by atoms with E-state index in [9.17, 15) is 0 Å². The normalized spacial score (nSPS) is 12.2. The molecule has 0 aromatic carbocycles. The summed E-state index contributed by atoms with van der Waals surface area (Å²) in [5, 5.41) is 7.35. The first-order chi connectivity index (χ1) is 7.02. The Bertz CT molecular complexity index is 363. The lowest BCUT2D eigenvalue weighted by molar-refractivity contribution is 0.208. The summed E-state index contributed by atoms with van der Waals surface area (Å²) in [5.41, 5.74) is 6.87. The summed E-state index contributed by atoms with van der Waals surface area (Å²) < 4.78 is 5.57. The molecule has 1 aromatic rings. The van der Waals surface area contributed by atoms with E-state index in [1.807, 2.05) is 20.8 Å². The summed E-state index contributed by atoms with van der Waals surface area (Å²) in [6, 6.07) is 3.47. The Balaban J connectivity index is 2.93. The first-order valence-electron chi connectivity index (χ1n) is 5.02. The number of rotatable bonds is 4. The second-order valence-corrected chi connectivity index (χ2v) is 3.59. The van der Waals surface area contributed by atoms with Crippen LogP contribution in [-0.2, 0) is 0 Å². The van der Waals surface area contributed by atoms with Gasteiger partial charge in [0.2, 0.25) is 5.88 Å². The number of pyridine rings is 1. The highest BCUT2D eigenvalue weighted by Gasteiger charge is 2.06. The van der Waals surface area contributed by atoms with E-state index < -0.39 is 0 Å². The summed E-state index contributed by atoms with van der Waals surface area (Å²) in [6.07, 6.45) is 1.05. The molecule has 4 nitrogen and oxygen atoms in total. The molecule has 0 aliphatic carbocycles. The number of nitrogens with zero attached hydrogens (tertiary/aromatic N) is 1. The van der Waals surface area contributed by atoms with Gasteiger partial charge in [0.1, 0.15) is 5.84 Å². The van der Waals surface area contributed by atoms with E-state index in [1.54, 1.807) is 12.1 Å². The second-order valence-electron chi connectivity index (χ2n) is 3.59. The molecule has 3 N–H and O–H groups in total. The van der Waals surface area contributed by atoms with E-state index in [1.165, 1.54) is 0 Å². The highest BCUT2D eigenvalue weighted by Crippen LogP contribution is 2.14. The lowest BCUT2D eigenvalue weighted by atomic mass is 10.2. The zero-order valence-electron chi connectivity index (χ0n) is 9.37. The van der Waals surface area contributed by atoms with Crippen molar-refractivity contribution >= 4 is 5.84 Å². The molecule has 82 valence electrons. The van der Waals surface area contributed by atoms with Gasteiger partial charge in [0.05, 0.1) is 6.10 Å². The maximum Gasteiger partial charge on any atom is 0.214 e. The maximum absolute atomic E-state index is 7.35. The van der Waals surface area contributed by atoms with Crippen LogP contribution in [0.4, 0.5) is 0 Å². The van der Waals surface area contributed by atoms with Gasteiger partial charge in [0.15, 0.2) is 0 Å². The monoisotopic (exact) mass is 207 g/mol. The van der Waals surface area contributed by atoms with Gasteiger partial charge in [0, 0.05) is 17.3 Å². The van der Waals surface area contributed by atoms with Gasteiger partial charge in [0.25, 0.3) is 0 Å². The van der Waals surface area contributed by atoms with Crippen molar-refractivity contribution in [3.8, 4) is 5.88 Å². The molecule has 0 fully saturated rings. The molecule has 1 atom stereocenters. The average molecular weight is 207 g/mol. The topological polar surface area (TPSA) is 72.0 Å². The summed E-state index contributed by atoms with van der Waals surface area (Å²) in [6.45, 7) is 5.89. The van der Waals surface area contributed by atoms with Crippen molar-refractivity contribution in [2.75, 3.05) is 0 Å². The van der Waals surface area contributed by atoms with Gasteiger partial charge in [-0.05, 0) is 26.3 Å². The van der Waals surface area contributed by atoms with E-state index in [2.05, 4.69) is 4.98 Å². The molecule has 1 unspecified atom stereocenters. The van der Waals surface area contributed by atoms with Crippen molar-refractivity contribution in [1.82, 2.24) is 4.98 Å². The predicted octanol–water partition coefficient (Wildman–Crippen LogP) is 1.85. The van der Waals surface area contributed by atoms with Crippen molar-refractivity contribution in [2.45, 2.75) is 33.3 Å². The van der Waals surface area contributed by atoms with Crippen molar-refractivity contribution in [2.24, 2.45) is 5.73 Å². The van der Waals surface area contributed by atoms with Crippen molar-refractivity contribution in [1.29, 1.82) is 5.41 Å². The SMILES string of the molecule is CCC(C)Oc1cc(C(=N)N)cc(C)n1. The van der Waals surface area contributed by atoms with Crippen LogP contribution in [0.1, 0.15) is 31.5 Å². The molecule has 0 aliphatic rings. The van der Waals surface area contributed by atoms with Crippen LogP contribution in [0.5, 0.6) is 5.88 Å². The van der Waals surface area contributed by atoms with Crippen LogP contribution in [0, 0.1) is 12.3 Å². The second kappa shape index (κ2) is 4.77. The Labute approximate surface area is 90.0 Å². The number of nitrogens with two attached hydrogens (primary N) is 1. The van der Waals surface area contributed by atoms with Crippen LogP contribution in [0.2, 0.25) is 0 Å². The third-order valence-electron chi connectivity index (χ3n) is 2.14. The minimum Gasteiger partial charge on any atom is -0.475 e. The predicted molar refractivity (Wildman–Crippen MR) is 60.4 cm³/mol. The molecule has 4 heteroatoms. The van der Waals surface area contributed by atoms with Gasteiger partial charge in [-0.25, -0.2) is 4.98 Å². The molecule has 0 radical (unpaired) electrons. The van der Waals surface area contributed by atoms with E-state index >= 15 is 0 Å². The number of hydrogen-bond donors (Lipinski definition) is 2. The summed E-state index contributed by atoms with van der Waals surface area (Å²) in [5.74, 6) is 0.573. The summed E-state index contributed by atoms with van der Waals surface area (Å²) in [4.78, 5) is 4.23. The zero-order valence-corrected chi connectivity index (χ0v) is 9.37. The fraction of sp³-hybridized carbons (Fsp3) is 0.455. The molecule has 1 aromatic heterocycles. The fourth-order valence-corrected chi connectivity index (χ4v) is 1.14. The van der Waals surface area contributed by atoms with Gasteiger partial charge >= 0.3 is 0 Å². The van der Waals surface area contributed by atoms with Crippen LogP contribution in [0.25, 0.3) is 0 Å².